The molecule has 0 spiro atoms. The van der Waals surface area contributed by atoms with Gasteiger partial charge in [-0.2, -0.15) is 0 Å². The zero-order valence-electron chi connectivity index (χ0n) is 12.5. The maximum Gasteiger partial charge on any atom is 0.329 e. The van der Waals surface area contributed by atoms with Crippen molar-refractivity contribution in [3.05, 3.63) is 70.6 Å². The van der Waals surface area contributed by atoms with Gasteiger partial charge in [0.05, 0.1) is 17.1 Å². The van der Waals surface area contributed by atoms with Crippen LogP contribution in [0.15, 0.2) is 64.4 Å². The maximum absolute atomic E-state index is 12.7. The van der Waals surface area contributed by atoms with E-state index in [0.29, 0.717) is 6.54 Å². The highest BCUT2D eigenvalue weighted by Gasteiger charge is 2.29. The highest BCUT2D eigenvalue weighted by atomic mass is 32.2. The molecule has 0 aromatic heterocycles. The Labute approximate surface area is 138 Å². The minimum atomic E-state index is -1.12. The number of carboxylic acid groups (broad SMARTS) is 1. The van der Waals surface area contributed by atoms with Crippen LogP contribution in [0, 0.1) is 6.92 Å². The number of anilines is 1. The maximum atomic E-state index is 12.7. The van der Waals surface area contributed by atoms with Gasteiger partial charge in [-0.25, -0.2) is 4.79 Å². The molecule has 116 valence electrons. The Balaban J connectivity index is 2.00. The molecule has 0 radical (unpaired) electrons. The van der Waals surface area contributed by atoms with E-state index in [1.54, 1.807) is 4.90 Å². The van der Waals surface area contributed by atoms with E-state index in [-0.39, 0.29) is 10.8 Å². The molecule has 0 saturated carbocycles. The van der Waals surface area contributed by atoms with Crippen LogP contribution in [0.5, 0.6) is 0 Å². The van der Waals surface area contributed by atoms with E-state index in [2.05, 4.69) is 0 Å². The van der Waals surface area contributed by atoms with Crippen molar-refractivity contribution >= 4 is 29.3 Å². The summed E-state index contributed by atoms with van der Waals surface area (Å²) in [5, 5.41) is 8.98. The molecule has 0 bridgehead atoms. The highest BCUT2D eigenvalue weighted by Crippen LogP contribution is 2.41. The molecule has 1 aliphatic heterocycles. The van der Waals surface area contributed by atoms with Crippen LogP contribution in [0.2, 0.25) is 0 Å². The molecule has 0 aliphatic carbocycles. The zero-order valence-corrected chi connectivity index (χ0v) is 13.3. The van der Waals surface area contributed by atoms with Crippen LogP contribution in [0.3, 0.4) is 0 Å². The van der Waals surface area contributed by atoms with Crippen LogP contribution >= 0.6 is 11.8 Å². The first-order chi connectivity index (χ1) is 11.0. The van der Waals surface area contributed by atoms with Crippen LogP contribution in [0.25, 0.3) is 0 Å². The second-order valence-electron chi connectivity index (χ2n) is 5.29. The highest BCUT2D eigenvalue weighted by molar-refractivity contribution is 8.04. The van der Waals surface area contributed by atoms with E-state index in [0.717, 1.165) is 27.8 Å². The second kappa shape index (κ2) is 6.30. The number of fused-ring (bicyclic) bond motifs is 1. The number of amides is 1. The van der Waals surface area contributed by atoms with Crippen molar-refractivity contribution in [3.8, 4) is 0 Å². The predicted molar refractivity (Wildman–Crippen MR) is 90.4 cm³/mol. The standard InChI is InChI=1S/C18H15NO3S/c1-12-6-8-13(9-7-12)11-19-14-4-2-3-5-15(14)23-16(18(19)22)10-17(20)21/h2-10H,11H2,1H3,(H,20,21). The SMILES string of the molecule is Cc1ccc(CN2C(=O)C(=CC(=O)O)Sc3ccccc32)cc1. The lowest BCUT2D eigenvalue weighted by Gasteiger charge is -2.30. The van der Waals surface area contributed by atoms with Gasteiger partial charge in [0.25, 0.3) is 5.91 Å². The molecule has 0 atom stereocenters. The van der Waals surface area contributed by atoms with Gasteiger partial charge in [-0.3, -0.25) is 4.79 Å². The Kier molecular flexibility index (Phi) is 4.21. The van der Waals surface area contributed by atoms with Gasteiger partial charge in [-0.05, 0) is 24.6 Å². The van der Waals surface area contributed by atoms with Crippen LogP contribution in [0.4, 0.5) is 5.69 Å². The van der Waals surface area contributed by atoms with Crippen LogP contribution in [-0.4, -0.2) is 17.0 Å². The van der Waals surface area contributed by atoms with Crippen molar-refractivity contribution in [3.63, 3.8) is 0 Å². The van der Waals surface area contributed by atoms with Crippen molar-refractivity contribution in [2.24, 2.45) is 0 Å². The third kappa shape index (κ3) is 3.29. The molecule has 0 fully saturated rings. The summed E-state index contributed by atoms with van der Waals surface area (Å²) < 4.78 is 0. The number of benzene rings is 2. The first kappa shape index (κ1) is 15.4. The summed E-state index contributed by atoms with van der Waals surface area (Å²) in [5.74, 6) is -1.40. The van der Waals surface area contributed by atoms with Gasteiger partial charge >= 0.3 is 5.97 Å². The number of para-hydroxylation sites is 1. The lowest BCUT2D eigenvalue weighted by molar-refractivity contribution is -0.131. The average Bonchev–Trinajstić information content (AvgIpc) is 2.53. The summed E-state index contributed by atoms with van der Waals surface area (Å²) in [6.07, 6.45) is 0.977. The molecular formula is C18H15NO3S. The monoisotopic (exact) mass is 325 g/mol. The Morgan fingerprint density at radius 1 is 1.17 bits per heavy atom. The molecule has 1 N–H and O–H groups in total. The van der Waals surface area contributed by atoms with Gasteiger partial charge in [0.15, 0.2) is 0 Å². The third-order valence-electron chi connectivity index (χ3n) is 3.55. The van der Waals surface area contributed by atoms with Crippen molar-refractivity contribution in [2.75, 3.05) is 4.90 Å². The average molecular weight is 325 g/mol. The van der Waals surface area contributed by atoms with E-state index in [4.69, 9.17) is 5.11 Å². The van der Waals surface area contributed by atoms with Gasteiger partial charge < -0.3 is 10.0 Å². The Hall–Kier alpha value is -2.53. The number of carboxylic acids is 1. The minimum Gasteiger partial charge on any atom is -0.478 e. The van der Waals surface area contributed by atoms with Crippen molar-refractivity contribution in [1.82, 2.24) is 0 Å². The lowest BCUT2D eigenvalue weighted by atomic mass is 10.1. The van der Waals surface area contributed by atoms with Crippen LogP contribution in [-0.2, 0) is 16.1 Å². The number of carbonyl (C=O) groups excluding carboxylic acids is 1. The molecule has 2 aromatic rings. The van der Waals surface area contributed by atoms with E-state index in [1.165, 1.54) is 11.8 Å². The third-order valence-corrected chi connectivity index (χ3v) is 4.63. The molecule has 1 aliphatic rings. The van der Waals surface area contributed by atoms with E-state index in [1.807, 2.05) is 55.5 Å². The van der Waals surface area contributed by atoms with Crippen molar-refractivity contribution < 1.29 is 14.7 Å². The van der Waals surface area contributed by atoms with Gasteiger partial charge in [-0.1, -0.05) is 53.7 Å². The Morgan fingerprint density at radius 2 is 1.87 bits per heavy atom. The normalized spacial score (nSPS) is 15.6. The summed E-state index contributed by atoms with van der Waals surface area (Å²) >= 11 is 1.20. The van der Waals surface area contributed by atoms with E-state index < -0.39 is 5.97 Å². The molecule has 1 heterocycles. The smallest absolute Gasteiger partial charge is 0.329 e. The summed E-state index contributed by atoms with van der Waals surface area (Å²) in [7, 11) is 0. The predicted octanol–water partition coefficient (Wildman–Crippen LogP) is 3.60. The summed E-state index contributed by atoms with van der Waals surface area (Å²) in [5.41, 5.74) is 2.96. The van der Waals surface area contributed by atoms with Gasteiger partial charge in [0.1, 0.15) is 0 Å². The van der Waals surface area contributed by atoms with Crippen LogP contribution < -0.4 is 4.90 Å². The second-order valence-corrected chi connectivity index (χ2v) is 6.38. The van der Waals surface area contributed by atoms with Gasteiger partial charge in [0, 0.05) is 11.0 Å². The number of nitrogens with zero attached hydrogens (tertiary/aromatic N) is 1. The number of rotatable bonds is 3. The zero-order chi connectivity index (χ0) is 16.4. The number of hydrogen-bond donors (Lipinski definition) is 1. The molecule has 1 amide bonds. The first-order valence-corrected chi connectivity index (χ1v) is 7.95. The number of carbonyl (C=O) groups is 2. The quantitative estimate of drug-likeness (QED) is 0.876. The molecule has 5 heteroatoms. The Morgan fingerprint density at radius 3 is 2.57 bits per heavy atom. The number of aryl methyl sites for hydroxylation is 1. The molecule has 0 saturated heterocycles. The number of hydrogen-bond acceptors (Lipinski definition) is 3. The molecule has 4 nitrogen and oxygen atoms in total. The minimum absolute atomic E-state index is 0.225. The van der Waals surface area contributed by atoms with Crippen LogP contribution in [0.1, 0.15) is 11.1 Å². The summed E-state index contributed by atoms with van der Waals surface area (Å²) in [6.45, 7) is 2.42. The first-order valence-electron chi connectivity index (χ1n) is 7.13. The topological polar surface area (TPSA) is 57.6 Å². The Bertz CT molecular complexity index is 796. The van der Waals surface area contributed by atoms with Gasteiger partial charge in [0.2, 0.25) is 0 Å². The number of thioether (sulfide) groups is 1. The van der Waals surface area contributed by atoms with Crippen molar-refractivity contribution in [2.45, 2.75) is 18.4 Å². The lowest BCUT2D eigenvalue weighted by Crippen LogP contribution is -2.34. The summed E-state index contributed by atoms with van der Waals surface area (Å²) in [4.78, 5) is 26.4. The summed E-state index contributed by atoms with van der Waals surface area (Å²) in [6, 6.07) is 15.5. The molecular weight excluding hydrogens is 310 g/mol. The molecule has 0 unspecified atom stereocenters. The fourth-order valence-corrected chi connectivity index (χ4v) is 3.43. The van der Waals surface area contributed by atoms with Gasteiger partial charge in [-0.15, -0.1) is 0 Å². The molecule has 2 aromatic carbocycles. The van der Waals surface area contributed by atoms with E-state index in [9.17, 15) is 9.59 Å². The fraction of sp³-hybridized carbons (Fsp3) is 0.111. The van der Waals surface area contributed by atoms with E-state index >= 15 is 0 Å². The molecule has 3 rings (SSSR count). The largest absolute Gasteiger partial charge is 0.478 e. The number of aliphatic carboxylic acids is 1. The fourth-order valence-electron chi connectivity index (χ4n) is 2.41. The molecule has 23 heavy (non-hydrogen) atoms. The van der Waals surface area contributed by atoms with Crippen molar-refractivity contribution in [1.29, 1.82) is 0 Å².